The minimum atomic E-state index is -0.358. The number of carbonyl (C=O) groups is 2. The Morgan fingerprint density at radius 2 is 1.73 bits per heavy atom. The predicted molar refractivity (Wildman–Crippen MR) is 143 cm³/mol. The summed E-state index contributed by atoms with van der Waals surface area (Å²) >= 11 is 0. The first kappa shape index (κ1) is 24.1. The lowest BCUT2D eigenvalue weighted by Gasteiger charge is -2.41. The summed E-state index contributed by atoms with van der Waals surface area (Å²) in [7, 11) is 1.40. The van der Waals surface area contributed by atoms with Crippen LogP contribution in [0.15, 0.2) is 97.3 Å². The fraction of sp³-hybridized carbons (Fsp3) is 0.167. The molecule has 186 valence electrons. The first-order chi connectivity index (χ1) is 18.1. The zero-order valence-electron chi connectivity index (χ0n) is 20.5. The summed E-state index contributed by atoms with van der Waals surface area (Å²) in [5.74, 6) is 0.301. The zero-order chi connectivity index (χ0) is 25.6. The molecule has 0 bridgehead atoms. The van der Waals surface area contributed by atoms with Crippen molar-refractivity contribution in [2.24, 2.45) is 0 Å². The van der Waals surface area contributed by atoms with Gasteiger partial charge in [-0.15, -0.1) is 0 Å². The number of hydrogen-bond donors (Lipinski definition) is 1. The van der Waals surface area contributed by atoms with Crippen LogP contribution in [0.25, 0.3) is 11.1 Å². The van der Waals surface area contributed by atoms with Gasteiger partial charge in [-0.2, -0.15) is 0 Å². The molecule has 2 heterocycles. The van der Waals surface area contributed by atoms with Gasteiger partial charge in [-0.3, -0.25) is 9.78 Å². The van der Waals surface area contributed by atoms with Gasteiger partial charge >= 0.3 is 5.97 Å². The largest absolute Gasteiger partial charge is 0.487 e. The molecule has 5 rings (SSSR count). The number of benzene rings is 3. The Bertz CT molecular complexity index is 1370. The minimum Gasteiger partial charge on any atom is -0.487 e. The molecule has 1 fully saturated rings. The first-order valence-electron chi connectivity index (χ1n) is 12.1. The summed E-state index contributed by atoms with van der Waals surface area (Å²) in [6.45, 7) is 1.39. The average Bonchev–Trinajstić information content (AvgIpc) is 2.91. The second-order valence-corrected chi connectivity index (χ2v) is 8.81. The van der Waals surface area contributed by atoms with Crippen molar-refractivity contribution in [1.82, 2.24) is 4.98 Å². The molecule has 7 heteroatoms. The number of ether oxygens (including phenoxy) is 2. The van der Waals surface area contributed by atoms with Gasteiger partial charge in [-0.25, -0.2) is 4.79 Å². The fourth-order valence-electron chi connectivity index (χ4n) is 4.41. The van der Waals surface area contributed by atoms with Crippen LogP contribution in [0.3, 0.4) is 0 Å². The number of nitrogens with one attached hydrogen (secondary N) is 1. The molecular formula is C30H27N3O4. The van der Waals surface area contributed by atoms with Gasteiger partial charge in [0.2, 0.25) is 5.91 Å². The van der Waals surface area contributed by atoms with E-state index in [1.54, 1.807) is 30.6 Å². The van der Waals surface area contributed by atoms with E-state index in [1.807, 2.05) is 66.7 Å². The lowest BCUT2D eigenvalue weighted by molar-refractivity contribution is -0.115. The molecule has 0 saturated carbocycles. The van der Waals surface area contributed by atoms with E-state index in [4.69, 9.17) is 9.47 Å². The molecule has 0 unspecified atom stereocenters. The molecule has 1 N–H and O–H groups in total. The first-order valence-corrected chi connectivity index (χ1v) is 12.1. The molecule has 0 aliphatic carbocycles. The van der Waals surface area contributed by atoms with Crippen molar-refractivity contribution < 1.29 is 19.1 Å². The minimum absolute atomic E-state index is 0.0186. The Morgan fingerprint density at radius 1 is 0.946 bits per heavy atom. The summed E-state index contributed by atoms with van der Waals surface area (Å²) in [5.41, 5.74) is 4.92. The van der Waals surface area contributed by atoms with Gasteiger partial charge < -0.3 is 19.7 Å². The second kappa shape index (κ2) is 11.0. The second-order valence-electron chi connectivity index (χ2n) is 8.81. The highest BCUT2D eigenvalue weighted by Gasteiger charge is 2.31. The van der Waals surface area contributed by atoms with Gasteiger partial charge in [-0.1, -0.05) is 48.5 Å². The highest BCUT2D eigenvalue weighted by atomic mass is 16.5. The van der Waals surface area contributed by atoms with E-state index in [0.717, 1.165) is 28.1 Å². The lowest BCUT2D eigenvalue weighted by atomic mass is 9.95. The van der Waals surface area contributed by atoms with Crippen molar-refractivity contribution in [2.45, 2.75) is 12.5 Å². The van der Waals surface area contributed by atoms with Crippen LogP contribution in [-0.2, 0) is 16.0 Å². The topological polar surface area (TPSA) is 80.8 Å². The van der Waals surface area contributed by atoms with Crippen molar-refractivity contribution in [2.75, 3.05) is 30.4 Å². The smallest absolute Gasteiger partial charge is 0.338 e. The molecule has 1 aromatic heterocycles. The van der Waals surface area contributed by atoms with E-state index in [9.17, 15) is 9.59 Å². The van der Waals surface area contributed by atoms with Crippen molar-refractivity contribution in [3.8, 4) is 16.9 Å². The van der Waals surface area contributed by atoms with Gasteiger partial charge in [0, 0.05) is 17.4 Å². The Kier molecular flexibility index (Phi) is 7.12. The number of methoxy groups -OCH3 is 1. The van der Waals surface area contributed by atoms with Crippen LogP contribution in [0.2, 0.25) is 0 Å². The van der Waals surface area contributed by atoms with Gasteiger partial charge in [0.15, 0.2) is 0 Å². The van der Waals surface area contributed by atoms with Crippen molar-refractivity contribution in [3.05, 3.63) is 108 Å². The van der Waals surface area contributed by atoms with Gasteiger partial charge in [0.05, 0.1) is 44.1 Å². The van der Waals surface area contributed by atoms with Crippen molar-refractivity contribution in [1.29, 1.82) is 0 Å². The van der Waals surface area contributed by atoms with E-state index in [0.29, 0.717) is 24.3 Å². The molecule has 3 aromatic carbocycles. The molecule has 1 saturated heterocycles. The lowest BCUT2D eigenvalue weighted by Crippen LogP contribution is -2.54. The Balaban J connectivity index is 1.21. The predicted octanol–water partition coefficient (Wildman–Crippen LogP) is 4.98. The monoisotopic (exact) mass is 493 g/mol. The van der Waals surface area contributed by atoms with E-state index >= 15 is 0 Å². The maximum atomic E-state index is 12.5. The third-order valence-electron chi connectivity index (χ3n) is 6.24. The van der Waals surface area contributed by atoms with Crippen molar-refractivity contribution >= 4 is 23.3 Å². The van der Waals surface area contributed by atoms with Crippen molar-refractivity contribution in [3.63, 3.8) is 0 Å². The molecular weight excluding hydrogens is 466 g/mol. The van der Waals surface area contributed by atoms with Crippen LogP contribution in [0.1, 0.15) is 15.9 Å². The van der Waals surface area contributed by atoms with E-state index < -0.39 is 0 Å². The Morgan fingerprint density at radius 3 is 2.43 bits per heavy atom. The highest BCUT2D eigenvalue weighted by Crippen LogP contribution is 2.37. The molecule has 0 spiro atoms. The van der Waals surface area contributed by atoms with Gasteiger partial charge in [-0.05, 0) is 47.5 Å². The molecule has 4 aromatic rings. The summed E-state index contributed by atoms with van der Waals surface area (Å²) in [4.78, 5) is 31.0. The normalized spacial score (nSPS) is 12.9. The standard InChI is InChI=1S/C30H27N3O4/c1-36-30(35)26-10-5-11-27(29(26)22-7-3-2-4-8-22)33-19-25(20-33)37-24-14-12-21(13-15-24)17-28(34)32-23-9-6-16-31-18-23/h2-16,18,25H,17,19-20H2,1H3,(H,32,34). The van der Waals surface area contributed by atoms with E-state index in [-0.39, 0.29) is 24.4 Å². The SMILES string of the molecule is COC(=O)c1cccc(N2CC(Oc3ccc(CC(=O)Nc4cccnc4)cc3)C2)c1-c1ccccc1. The Labute approximate surface area is 215 Å². The number of anilines is 2. The number of rotatable bonds is 8. The van der Waals surface area contributed by atoms with Crippen LogP contribution >= 0.6 is 0 Å². The summed E-state index contributed by atoms with van der Waals surface area (Å²) < 4.78 is 11.2. The van der Waals surface area contributed by atoms with E-state index in [2.05, 4.69) is 15.2 Å². The maximum absolute atomic E-state index is 12.5. The maximum Gasteiger partial charge on any atom is 0.338 e. The molecule has 1 aliphatic rings. The molecule has 0 atom stereocenters. The van der Waals surface area contributed by atoms with Crippen LogP contribution in [-0.4, -0.2) is 43.2 Å². The fourth-order valence-corrected chi connectivity index (χ4v) is 4.41. The molecule has 7 nitrogen and oxygen atoms in total. The number of aromatic nitrogens is 1. The summed E-state index contributed by atoms with van der Waals surface area (Å²) in [6, 6.07) is 26.7. The number of esters is 1. The summed E-state index contributed by atoms with van der Waals surface area (Å²) in [5, 5.41) is 2.84. The number of amides is 1. The molecule has 37 heavy (non-hydrogen) atoms. The van der Waals surface area contributed by atoms with Gasteiger partial charge in [0.1, 0.15) is 11.9 Å². The average molecular weight is 494 g/mol. The number of carbonyl (C=O) groups excluding carboxylic acids is 2. The Hall–Kier alpha value is -4.65. The third-order valence-corrected chi connectivity index (χ3v) is 6.24. The number of pyridine rings is 1. The number of hydrogen-bond acceptors (Lipinski definition) is 6. The quantitative estimate of drug-likeness (QED) is 0.349. The number of nitrogens with zero attached hydrogens (tertiary/aromatic N) is 2. The van der Waals surface area contributed by atoms with Crippen LogP contribution < -0.4 is 15.0 Å². The van der Waals surface area contributed by atoms with Gasteiger partial charge in [0.25, 0.3) is 0 Å². The van der Waals surface area contributed by atoms with Crippen LogP contribution in [0.4, 0.5) is 11.4 Å². The van der Waals surface area contributed by atoms with E-state index in [1.165, 1.54) is 7.11 Å². The van der Waals surface area contributed by atoms with Crippen LogP contribution in [0.5, 0.6) is 5.75 Å². The molecule has 1 amide bonds. The zero-order valence-corrected chi connectivity index (χ0v) is 20.5. The highest BCUT2D eigenvalue weighted by molar-refractivity contribution is 6.01. The molecule has 0 radical (unpaired) electrons. The third kappa shape index (κ3) is 5.62. The summed E-state index contributed by atoms with van der Waals surface area (Å²) in [6.07, 6.45) is 3.57. The van der Waals surface area contributed by atoms with Crippen LogP contribution in [0, 0.1) is 0 Å². The molecule has 1 aliphatic heterocycles.